The van der Waals surface area contributed by atoms with E-state index in [-0.39, 0.29) is 5.78 Å². The first-order valence-corrected chi connectivity index (χ1v) is 6.74. The van der Waals surface area contributed by atoms with Crippen molar-refractivity contribution in [3.63, 3.8) is 0 Å². The van der Waals surface area contributed by atoms with Crippen LogP contribution in [0, 0.1) is 6.92 Å². The summed E-state index contributed by atoms with van der Waals surface area (Å²) in [5.41, 5.74) is 3.19. The second-order valence-corrected chi connectivity index (χ2v) is 5.47. The average molecular weight is 258 g/mol. The molecule has 0 N–H and O–H groups in total. The van der Waals surface area contributed by atoms with Crippen molar-refractivity contribution < 1.29 is 4.79 Å². The van der Waals surface area contributed by atoms with Crippen molar-refractivity contribution in [3.05, 3.63) is 35.5 Å². The van der Waals surface area contributed by atoms with E-state index in [1.807, 2.05) is 6.20 Å². The number of fused-ring (bicyclic) bond motifs is 1. The summed E-state index contributed by atoms with van der Waals surface area (Å²) in [4.78, 5) is 13.9. The van der Waals surface area contributed by atoms with Gasteiger partial charge in [-0.25, -0.2) is 0 Å². The molecule has 2 aromatic rings. The summed E-state index contributed by atoms with van der Waals surface area (Å²) >= 11 is 0. The van der Waals surface area contributed by atoms with Crippen LogP contribution in [-0.2, 0) is 6.54 Å². The van der Waals surface area contributed by atoms with Crippen LogP contribution >= 0.6 is 0 Å². The van der Waals surface area contributed by atoms with Crippen LogP contribution in [0.5, 0.6) is 0 Å². The Kier molecular flexibility index (Phi) is 4.05. The van der Waals surface area contributed by atoms with Crippen LogP contribution in [-0.4, -0.2) is 35.9 Å². The lowest BCUT2D eigenvalue weighted by molar-refractivity contribution is 0.101. The summed E-state index contributed by atoms with van der Waals surface area (Å²) in [5.74, 6) is 0.141. The van der Waals surface area contributed by atoms with E-state index in [9.17, 15) is 4.79 Å². The van der Waals surface area contributed by atoms with E-state index < -0.39 is 0 Å². The lowest BCUT2D eigenvalue weighted by Gasteiger charge is -2.10. The van der Waals surface area contributed by atoms with E-state index in [4.69, 9.17) is 0 Å². The second-order valence-electron chi connectivity index (χ2n) is 5.47. The van der Waals surface area contributed by atoms with Crippen molar-refractivity contribution >= 4 is 16.7 Å². The lowest BCUT2D eigenvalue weighted by atomic mass is 10.1. The van der Waals surface area contributed by atoms with E-state index in [2.05, 4.69) is 48.7 Å². The van der Waals surface area contributed by atoms with Gasteiger partial charge in [0.15, 0.2) is 5.78 Å². The van der Waals surface area contributed by atoms with E-state index in [0.717, 1.165) is 36.0 Å². The fourth-order valence-corrected chi connectivity index (χ4v) is 2.43. The molecule has 3 nitrogen and oxygen atoms in total. The zero-order chi connectivity index (χ0) is 14.0. The first kappa shape index (κ1) is 13.8. The molecule has 0 atom stereocenters. The molecule has 0 aliphatic rings. The molecule has 0 saturated heterocycles. The second kappa shape index (κ2) is 5.57. The maximum Gasteiger partial charge on any atom is 0.161 e. The van der Waals surface area contributed by atoms with Gasteiger partial charge in [0.2, 0.25) is 0 Å². The SMILES string of the molecule is CC(=O)c1cn(CCCN(C)C)c2ccc(C)cc12. The quantitative estimate of drug-likeness (QED) is 0.770. The molecule has 102 valence electrons. The van der Waals surface area contributed by atoms with Crippen molar-refractivity contribution in [1.82, 2.24) is 9.47 Å². The summed E-state index contributed by atoms with van der Waals surface area (Å²) in [6.07, 6.45) is 3.09. The molecule has 19 heavy (non-hydrogen) atoms. The van der Waals surface area contributed by atoms with E-state index in [0.29, 0.717) is 0 Å². The summed E-state index contributed by atoms with van der Waals surface area (Å²) in [6, 6.07) is 6.33. The van der Waals surface area contributed by atoms with Crippen LogP contribution < -0.4 is 0 Å². The van der Waals surface area contributed by atoms with E-state index in [1.54, 1.807) is 6.92 Å². The van der Waals surface area contributed by atoms with Gasteiger partial charge in [-0.1, -0.05) is 11.6 Å². The number of Topliss-reactive ketones (excluding diaryl/α,β-unsaturated/α-hetero) is 1. The lowest BCUT2D eigenvalue weighted by Crippen LogP contribution is -2.14. The van der Waals surface area contributed by atoms with Crippen LogP contribution in [0.15, 0.2) is 24.4 Å². The Bertz CT molecular complexity index is 596. The summed E-state index contributed by atoms with van der Waals surface area (Å²) in [7, 11) is 4.16. The molecule has 0 unspecified atom stereocenters. The third-order valence-corrected chi connectivity index (χ3v) is 3.42. The van der Waals surface area contributed by atoms with E-state index >= 15 is 0 Å². The number of carbonyl (C=O) groups excluding carboxylic acids is 1. The number of rotatable bonds is 5. The number of ketones is 1. The maximum atomic E-state index is 11.7. The van der Waals surface area contributed by atoms with E-state index in [1.165, 1.54) is 5.56 Å². The number of carbonyl (C=O) groups is 1. The topological polar surface area (TPSA) is 25.2 Å². The van der Waals surface area contributed by atoms with Crippen LogP contribution in [0.4, 0.5) is 0 Å². The van der Waals surface area contributed by atoms with Crippen LogP contribution in [0.1, 0.15) is 29.3 Å². The third kappa shape index (κ3) is 3.04. The van der Waals surface area contributed by atoms with Crippen molar-refractivity contribution in [2.45, 2.75) is 26.8 Å². The Balaban J connectivity index is 2.36. The van der Waals surface area contributed by atoms with Crippen molar-refractivity contribution in [2.75, 3.05) is 20.6 Å². The molecule has 0 fully saturated rings. The number of hydrogen-bond donors (Lipinski definition) is 0. The highest BCUT2D eigenvalue weighted by Crippen LogP contribution is 2.23. The van der Waals surface area contributed by atoms with Gasteiger partial charge < -0.3 is 9.47 Å². The molecular formula is C16H22N2O. The highest BCUT2D eigenvalue weighted by Gasteiger charge is 2.11. The minimum absolute atomic E-state index is 0.141. The molecule has 0 aliphatic heterocycles. The Morgan fingerprint density at radius 2 is 2.05 bits per heavy atom. The molecule has 0 spiro atoms. The monoisotopic (exact) mass is 258 g/mol. The molecular weight excluding hydrogens is 236 g/mol. The van der Waals surface area contributed by atoms with Gasteiger partial charge in [-0.3, -0.25) is 4.79 Å². The van der Waals surface area contributed by atoms with Crippen molar-refractivity contribution in [1.29, 1.82) is 0 Å². The number of aryl methyl sites for hydroxylation is 2. The van der Waals surface area contributed by atoms with Gasteiger partial charge >= 0.3 is 0 Å². The largest absolute Gasteiger partial charge is 0.347 e. The van der Waals surface area contributed by atoms with Crippen LogP contribution in [0.25, 0.3) is 10.9 Å². The van der Waals surface area contributed by atoms with Crippen LogP contribution in [0.2, 0.25) is 0 Å². The first-order valence-electron chi connectivity index (χ1n) is 6.74. The highest BCUT2D eigenvalue weighted by molar-refractivity contribution is 6.07. The van der Waals surface area contributed by atoms with Gasteiger partial charge in [-0.15, -0.1) is 0 Å². The van der Waals surface area contributed by atoms with Gasteiger partial charge in [-0.2, -0.15) is 0 Å². The molecule has 1 heterocycles. The highest BCUT2D eigenvalue weighted by atomic mass is 16.1. The fraction of sp³-hybridized carbons (Fsp3) is 0.438. The van der Waals surface area contributed by atoms with Gasteiger partial charge in [0.05, 0.1) is 0 Å². The Morgan fingerprint density at radius 1 is 1.32 bits per heavy atom. The molecule has 3 heteroatoms. The predicted octanol–water partition coefficient (Wildman–Crippen LogP) is 3.10. The normalized spacial score (nSPS) is 11.4. The smallest absolute Gasteiger partial charge is 0.161 e. The summed E-state index contributed by atoms with van der Waals surface area (Å²) in [5, 5.41) is 1.08. The molecule has 1 aromatic heterocycles. The molecule has 2 rings (SSSR count). The number of hydrogen-bond acceptors (Lipinski definition) is 2. The molecule has 0 saturated carbocycles. The third-order valence-electron chi connectivity index (χ3n) is 3.42. The zero-order valence-corrected chi connectivity index (χ0v) is 12.2. The first-order chi connectivity index (χ1) is 8.99. The molecule has 0 radical (unpaired) electrons. The maximum absolute atomic E-state index is 11.7. The van der Waals surface area contributed by atoms with Crippen LogP contribution in [0.3, 0.4) is 0 Å². The number of nitrogens with zero attached hydrogens (tertiary/aromatic N) is 2. The average Bonchev–Trinajstić information content (AvgIpc) is 2.67. The minimum Gasteiger partial charge on any atom is -0.347 e. The summed E-state index contributed by atoms with van der Waals surface area (Å²) in [6.45, 7) is 5.71. The van der Waals surface area contributed by atoms with Gasteiger partial charge in [-0.05, 0) is 53.0 Å². The Morgan fingerprint density at radius 3 is 2.68 bits per heavy atom. The standard InChI is InChI=1S/C16H22N2O/c1-12-6-7-16-14(10-12)15(13(2)19)11-18(16)9-5-8-17(3)4/h6-7,10-11H,5,8-9H2,1-4H3. The molecule has 0 bridgehead atoms. The fourth-order valence-electron chi connectivity index (χ4n) is 2.43. The molecule has 0 amide bonds. The Hall–Kier alpha value is -1.61. The van der Waals surface area contributed by atoms with Gasteiger partial charge in [0.25, 0.3) is 0 Å². The van der Waals surface area contributed by atoms with Crippen molar-refractivity contribution in [3.8, 4) is 0 Å². The molecule has 0 aliphatic carbocycles. The Labute approximate surface area is 114 Å². The minimum atomic E-state index is 0.141. The van der Waals surface area contributed by atoms with Gasteiger partial charge in [0.1, 0.15) is 0 Å². The van der Waals surface area contributed by atoms with Gasteiger partial charge in [0, 0.05) is 29.2 Å². The number of benzene rings is 1. The predicted molar refractivity (Wildman–Crippen MR) is 79.9 cm³/mol. The number of aromatic nitrogens is 1. The summed E-state index contributed by atoms with van der Waals surface area (Å²) < 4.78 is 2.20. The molecule has 1 aromatic carbocycles. The zero-order valence-electron chi connectivity index (χ0n) is 12.2. The van der Waals surface area contributed by atoms with Crippen molar-refractivity contribution in [2.24, 2.45) is 0 Å².